The molecule has 2 aliphatic heterocycles. The summed E-state index contributed by atoms with van der Waals surface area (Å²) in [5.41, 5.74) is 2.43. The molecule has 0 amide bonds. The predicted molar refractivity (Wildman–Crippen MR) is 107 cm³/mol. The van der Waals surface area contributed by atoms with Gasteiger partial charge in [-0.1, -0.05) is 24.0 Å². The summed E-state index contributed by atoms with van der Waals surface area (Å²) in [4.78, 5) is 7.32. The van der Waals surface area contributed by atoms with Crippen molar-refractivity contribution >= 4 is 47.2 Å². The van der Waals surface area contributed by atoms with Crippen LogP contribution in [0.2, 0.25) is 0 Å². The minimum absolute atomic E-state index is 0.132. The number of benzene rings is 1. The number of fused-ring (bicyclic) bond motifs is 6. The van der Waals surface area contributed by atoms with E-state index < -0.39 is 0 Å². The minimum atomic E-state index is -0.132. The number of nitrogens with one attached hydrogen (secondary N) is 2. The highest BCUT2D eigenvalue weighted by atomic mass is 32.2. The van der Waals surface area contributed by atoms with E-state index in [4.69, 9.17) is 43.1 Å². The van der Waals surface area contributed by atoms with E-state index in [0.717, 1.165) is 32.2 Å². The Morgan fingerprint density at radius 1 is 1.11 bits per heavy atom. The van der Waals surface area contributed by atoms with Gasteiger partial charge in [-0.3, -0.25) is 0 Å². The Labute approximate surface area is 168 Å². The average molecular weight is 419 g/mol. The number of methoxy groups -OCH3 is 2. The average Bonchev–Trinajstić information content (AvgIpc) is 3.24. The van der Waals surface area contributed by atoms with Crippen LogP contribution in [0.3, 0.4) is 0 Å². The second kappa shape index (κ2) is 5.88. The Morgan fingerprint density at radius 2 is 1.89 bits per heavy atom. The van der Waals surface area contributed by atoms with E-state index in [9.17, 15) is 0 Å². The fourth-order valence-electron chi connectivity index (χ4n) is 3.78. The zero-order valence-corrected chi connectivity index (χ0v) is 17.0. The number of thioether (sulfide) groups is 1. The second-order valence-electron chi connectivity index (χ2n) is 6.18. The first kappa shape index (κ1) is 16.9. The van der Waals surface area contributed by atoms with E-state index in [1.54, 1.807) is 32.2 Å². The summed E-state index contributed by atoms with van der Waals surface area (Å²) in [5.74, 6) is 2.48. The molecule has 138 valence electrons. The number of aromatic amines is 2. The highest BCUT2D eigenvalue weighted by Crippen LogP contribution is 2.62. The van der Waals surface area contributed by atoms with E-state index in [-0.39, 0.29) is 5.92 Å². The van der Waals surface area contributed by atoms with Crippen LogP contribution < -0.4 is 14.2 Å². The molecule has 0 fully saturated rings. The molecule has 1 unspecified atom stereocenters. The molecule has 5 rings (SSSR count). The number of allylic oxidation sites excluding steroid dienone is 2. The summed E-state index contributed by atoms with van der Waals surface area (Å²) in [6.45, 7) is 1.93. The van der Waals surface area contributed by atoms with Gasteiger partial charge in [-0.05, 0) is 25.2 Å². The zero-order chi connectivity index (χ0) is 18.9. The van der Waals surface area contributed by atoms with Crippen LogP contribution in [-0.2, 0) is 0 Å². The molecule has 0 saturated carbocycles. The number of furan rings is 1. The van der Waals surface area contributed by atoms with Crippen LogP contribution in [0.1, 0.15) is 24.0 Å². The normalized spacial score (nSPS) is 17.4. The number of hydrogen-bond donors (Lipinski definition) is 2. The Bertz CT molecular complexity index is 1270. The molecule has 0 radical (unpaired) electrons. The smallest absolute Gasteiger partial charge is 0.205 e. The quantitative estimate of drug-likeness (QED) is 0.425. The lowest BCUT2D eigenvalue weighted by molar-refractivity contribution is 0.340. The summed E-state index contributed by atoms with van der Waals surface area (Å²) in [6, 6.07) is 1.87. The van der Waals surface area contributed by atoms with Gasteiger partial charge in [0.1, 0.15) is 16.1 Å². The molecule has 0 spiro atoms. The van der Waals surface area contributed by atoms with Crippen molar-refractivity contribution < 1.29 is 18.6 Å². The van der Waals surface area contributed by atoms with Gasteiger partial charge in [0.15, 0.2) is 16.1 Å². The van der Waals surface area contributed by atoms with E-state index in [1.807, 2.05) is 13.0 Å². The van der Waals surface area contributed by atoms with E-state index >= 15 is 0 Å². The summed E-state index contributed by atoms with van der Waals surface area (Å²) >= 11 is 12.5. The van der Waals surface area contributed by atoms with Crippen LogP contribution in [0.4, 0.5) is 0 Å². The van der Waals surface area contributed by atoms with Crippen LogP contribution in [0.25, 0.3) is 11.0 Å². The third-order valence-electron chi connectivity index (χ3n) is 4.82. The van der Waals surface area contributed by atoms with Gasteiger partial charge in [0.05, 0.1) is 42.4 Å². The van der Waals surface area contributed by atoms with Crippen molar-refractivity contribution in [1.29, 1.82) is 0 Å². The summed E-state index contributed by atoms with van der Waals surface area (Å²) in [6.07, 6.45) is 1.61. The molecular formula is C18H14N2O4S3. The molecular weight excluding hydrogens is 404 g/mol. The highest BCUT2D eigenvalue weighted by Gasteiger charge is 2.43. The monoisotopic (exact) mass is 418 g/mol. The number of hydrogen-bond acceptors (Lipinski definition) is 7. The Kier molecular flexibility index (Phi) is 3.68. The summed E-state index contributed by atoms with van der Waals surface area (Å²) in [7, 11) is 3.24. The lowest BCUT2D eigenvalue weighted by Gasteiger charge is -2.28. The Hall–Kier alpha value is -2.23. The maximum absolute atomic E-state index is 6.20. The summed E-state index contributed by atoms with van der Waals surface area (Å²) < 4.78 is 24.4. The molecule has 9 heteroatoms. The third kappa shape index (κ3) is 2.19. The zero-order valence-electron chi connectivity index (χ0n) is 14.6. The second-order valence-corrected chi connectivity index (χ2v) is 8.05. The van der Waals surface area contributed by atoms with Crippen molar-refractivity contribution in [1.82, 2.24) is 9.97 Å². The third-order valence-corrected chi connectivity index (χ3v) is 6.61. The van der Waals surface area contributed by atoms with Crippen molar-refractivity contribution in [3.8, 4) is 17.2 Å². The van der Waals surface area contributed by atoms with Crippen LogP contribution in [0.15, 0.2) is 32.4 Å². The van der Waals surface area contributed by atoms with Gasteiger partial charge in [0.25, 0.3) is 0 Å². The van der Waals surface area contributed by atoms with Gasteiger partial charge in [0.2, 0.25) is 5.75 Å². The maximum atomic E-state index is 6.20. The van der Waals surface area contributed by atoms with Crippen LogP contribution in [0.5, 0.6) is 17.2 Å². The topological polar surface area (TPSA) is 72.4 Å². The fourth-order valence-corrected chi connectivity index (χ4v) is 5.74. The highest BCUT2D eigenvalue weighted by molar-refractivity contribution is 8.03. The number of ether oxygens (including phenoxy) is 3. The van der Waals surface area contributed by atoms with Gasteiger partial charge in [-0.2, -0.15) is 0 Å². The van der Waals surface area contributed by atoms with Gasteiger partial charge in [-0.25, -0.2) is 0 Å². The molecule has 6 nitrogen and oxygen atoms in total. The Morgan fingerprint density at radius 3 is 2.63 bits per heavy atom. The summed E-state index contributed by atoms with van der Waals surface area (Å²) in [5, 5.41) is 1.75. The molecule has 0 aliphatic carbocycles. The molecule has 3 aromatic rings. The van der Waals surface area contributed by atoms with Crippen molar-refractivity contribution in [2.45, 2.75) is 17.9 Å². The number of aromatic nitrogens is 2. The van der Waals surface area contributed by atoms with Crippen LogP contribution in [-0.4, -0.2) is 24.2 Å². The molecule has 2 aromatic heterocycles. The van der Waals surface area contributed by atoms with Crippen molar-refractivity contribution in [2.24, 2.45) is 0 Å². The molecule has 0 bridgehead atoms. The minimum Gasteiger partial charge on any atom is -0.496 e. The lowest BCUT2D eigenvalue weighted by Crippen LogP contribution is -2.14. The van der Waals surface area contributed by atoms with E-state index in [0.29, 0.717) is 32.2 Å². The van der Waals surface area contributed by atoms with Crippen molar-refractivity contribution in [3.05, 3.63) is 43.5 Å². The molecule has 2 N–H and O–H groups in total. The molecule has 1 atom stereocenters. The predicted octanol–water partition coefficient (Wildman–Crippen LogP) is 5.43. The fraction of sp³-hybridized carbons (Fsp3) is 0.222. The first-order valence-corrected chi connectivity index (χ1v) is 9.76. The van der Waals surface area contributed by atoms with Crippen LogP contribution in [0, 0.1) is 9.41 Å². The number of H-pyrrole nitrogens is 2. The van der Waals surface area contributed by atoms with Crippen LogP contribution >= 0.6 is 36.2 Å². The first-order valence-electron chi connectivity index (χ1n) is 8.13. The molecule has 1 aromatic carbocycles. The van der Waals surface area contributed by atoms with Gasteiger partial charge < -0.3 is 28.6 Å². The lowest BCUT2D eigenvalue weighted by atomic mass is 9.88. The maximum Gasteiger partial charge on any atom is 0.205 e. The molecule has 27 heavy (non-hydrogen) atoms. The van der Waals surface area contributed by atoms with Gasteiger partial charge in [-0.15, -0.1) is 0 Å². The standard InChI is InChI=1S/C18H14N2O4S3/c1-6-15-8(10-16(25)19-18(26)20-17(10)27-15)9-11(21-2)7-4-5-23-12(7)14(22-3)13(9)24-6/h4-5,8H,1-3H3,(H2,19,20,25,26). The molecule has 0 saturated heterocycles. The largest absolute Gasteiger partial charge is 0.496 e. The van der Waals surface area contributed by atoms with E-state index in [1.165, 1.54) is 0 Å². The SMILES string of the molecule is COc1c2c(c(OC)c3occc13)OC(C)=C1Sc3[nH]c(=S)[nH]c(=S)c3C12. The van der Waals surface area contributed by atoms with E-state index in [2.05, 4.69) is 9.97 Å². The van der Waals surface area contributed by atoms with Crippen molar-refractivity contribution in [3.63, 3.8) is 0 Å². The number of rotatable bonds is 2. The van der Waals surface area contributed by atoms with Gasteiger partial charge in [0, 0.05) is 10.5 Å². The molecule has 4 heterocycles. The van der Waals surface area contributed by atoms with Crippen molar-refractivity contribution in [2.75, 3.05) is 14.2 Å². The Balaban J connectivity index is 1.94. The molecule has 2 aliphatic rings. The van der Waals surface area contributed by atoms with Gasteiger partial charge >= 0.3 is 0 Å². The first-order chi connectivity index (χ1) is 13.0.